The number of carboxylic acid groups (broad SMARTS) is 1. The monoisotopic (exact) mass is 510 g/mol. The van der Waals surface area contributed by atoms with E-state index in [1.807, 2.05) is 30.3 Å². The number of nitrogens with zero attached hydrogens (tertiary/aromatic N) is 2. The average molecular weight is 511 g/mol. The van der Waals surface area contributed by atoms with E-state index in [2.05, 4.69) is 16.9 Å². The molecule has 0 saturated heterocycles. The first-order valence-corrected chi connectivity index (χ1v) is 11.8. The number of pyridine rings is 2. The van der Waals surface area contributed by atoms with Crippen LogP contribution in [0.25, 0.3) is 33.4 Å². The van der Waals surface area contributed by atoms with Gasteiger partial charge < -0.3 is 14.6 Å². The van der Waals surface area contributed by atoms with Gasteiger partial charge in [-0.1, -0.05) is 31.5 Å². The second-order valence-corrected chi connectivity index (χ2v) is 8.36. The topological polar surface area (TPSA) is 81.5 Å². The molecule has 6 nitrogen and oxygen atoms in total. The number of carbonyl (C=O) groups is 1. The van der Waals surface area contributed by atoms with Crippen molar-refractivity contribution in [1.29, 1.82) is 0 Å². The Kier molecular flexibility index (Phi) is 8.03. The Labute approximate surface area is 211 Å². The molecule has 0 aliphatic rings. The second-order valence-electron chi connectivity index (χ2n) is 8.36. The number of carboxylic acids is 1. The van der Waals surface area contributed by atoms with E-state index in [0.717, 1.165) is 48.5 Å². The number of unbranched alkanes of at least 4 members (excludes halogenated alkanes) is 1. The normalized spacial score (nSPS) is 11.6. The highest BCUT2D eigenvalue weighted by Gasteiger charge is 2.31. The Morgan fingerprint density at radius 1 is 0.919 bits per heavy atom. The highest BCUT2D eigenvalue weighted by Crippen LogP contribution is 2.33. The van der Waals surface area contributed by atoms with Crippen LogP contribution in [0.15, 0.2) is 66.9 Å². The molecule has 2 aromatic heterocycles. The summed E-state index contributed by atoms with van der Waals surface area (Å²) in [6, 6.07) is 15.1. The molecule has 2 aromatic carbocycles. The first kappa shape index (κ1) is 26.1. The fourth-order valence-electron chi connectivity index (χ4n) is 3.74. The quantitative estimate of drug-likeness (QED) is 0.234. The zero-order valence-corrected chi connectivity index (χ0v) is 20.1. The number of benzene rings is 2. The van der Waals surface area contributed by atoms with Crippen molar-refractivity contribution in [3.8, 4) is 28.3 Å². The zero-order valence-electron chi connectivity index (χ0n) is 20.1. The molecule has 0 atom stereocenters. The van der Waals surface area contributed by atoms with Crippen molar-refractivity contribution in [2.24, 2.45) is 0 Å². The number of fused-ring (bicyclic) bond motifs is 1. The van der Waals surface area contributed by atoms with Gasteiger partial charge in [-0.05, 0) is 54.4 Å². The van der Waals surface area contributed by atoms with Gasteiger partial charge in [0.25, 0.3) is 0 Å². The summed E-state index contributed by atoms with van der Waals surface area (Å²) < 4.78 is 50.5. The number of ether oxygens (including phenoxy) is 2. The summed E-state index contributed by atoms with van der Waals surface area (Å²) in [6.45, 7) is 3.84. The average Bonchev–Trinajstić information content (AvgIpc) is 2.89. The molecule has 0 amide bonds. The van der Waals surface area contributed by atoms with Crippen molar-refractivity contribution in [2.75, 3.05) is 19.8 Å². The van der Waals surface area contributed by atoms with Gasteiger partial charge in [-0.3, -0.25) is 4.98 Å². The molecule has 0 unspecified atom stereocenters. The second kappa shape index (κ2) is 11.4. The van der Waals surface area contributed by atoms with Gasteiger partial charge in [0.05, 0.1) is 34.6 Å². The maximum absolute atomic E-state index is 13.1. The molecule has 192 valence electrons. The molecular weight excluding hydrogens is 485 g/mol. The van der Waals surface area contributed by atoms with Gasteiger partial charge in [0.15, 0.2) is 0 Å². The Morgan fingerprint density at radius 3 is 2.32 bits per heavy atom. The molecule has 0 bridgehead atoms. The molecule has 2 heterocycles. The first-order valence-electron chi connectivity index (χ1n) is 11.8. The number of aromatic carboxylic acids is 1. The van der Waals surface area contributed by atoms with E-state index in [0.29, 0.717) is 18.9 Å². The Hall–Kier alpha value is -3.98. The van der Waals surface area contributed by atoms with E-state index in [1.165, 1.54) is 12.1 Å². The van der Waals surface area contributed by atoms with Crippen LogP contribution in [0.4, 0.5) is 13.2 Å². The minimum atomic E-state index is -4.59. The predicted molar refractivity (Wildman–Crippen MR) is 134 cm³/mol. The van der Waals surface area contributed by atoms with Crippen molar-refractivity contribution in [3.05, 3.63) is 78.0 Å². The summed E-state index contributed by atoms with van der Waals surface area (Å²) in [4.78, 5) is 20.6. The van der Waals surface area contributed by atoms with Crippen molar-refractivity contribution >= 4 is 16.9 Å². The van der Waals surface area contributed by atoms with Crippen LogP contribution < -0.4 is 4.74 Å². The Balaban J connectivity index is 1.51. The molecule has 4 aromatic rings. The number of aromatic nitrogens is 2. The van der Waals surface area contributed by atoms with Crippen molar-refractivity contribution in [2.45, 2.75) is 25.9 Å². The van der Waals surface area contributed by atoms with Gasteiger partial charge in [-0.15, -0.1) is 0 Å². The summed E-state index contributed by atoms with van der Waals surface area (Å²) >= 11 is 0. The molecule has 0 aliphatic heterocycles. The van der Waals surface area contributed by atoms with Gasteiger partial charge in [0.2, 0.25) is 0 Å². The lowest BCUT2D eigenvalue weighted by molar-refractivity contribution is -0.137. The maximum atomic E-state index is 13.1. The highest BCUT2D eigenvalue weighted by molar-refractivity contribution is 6.03. The van der Waals surface area contributed by atoms with Gasteiger partial charge in [0, 0.05) is 23.8 Å². The minimum Gasteiger partial charge on any atom is -0.491 e. The maximum Gasteiger partial charge on any atom is 0.416 e. The number of rotatable bonds is 10. The fourth-order valence-corrected chi connectivity index (χ4v) is 3.74. The van der Waals surface area contributed by atoms with Crippen molar-refractivity contribution < 1.29 is 32.5 Å². The lowest BCUT2D eigenvalue weighted by Crippen LogP contribution is -2.07. The summed E-state index contributed by atoms with van der Waals surface area (Å²) in [5, 5.41) is 9.53. The van der Waals surface area contributed by atoms with Crippen molar-refractivity contribution in [1.82, 2.24) is 9.97 Å². The predicted octanol–water partition coefficient (Wildman–Crippen LogP) is 6.88. The largest absolute Gasteiger partial charge is 0.491 e. The molecule has 0 fully saturated rings. The van der Waals surface area contributed by atoms with Crippen LogP contribution in [0.2, 0.25) is 0 Å². The minimum absolute atomic E-state index is 0.0856. The summed E-state index contributed by atoms with van der Waals surface area (Å²) in [6.07, 6.45) is -0.840. The van der Waals surface area contributed by atoms with Gasteiger partial charge >= 0.3 is 12.1 Å². The fraction of sp³-hybridized carbons (Fsp3) is 0.250. The lowest BCUT2D eigenvalue weighted by atomic mass is 10.0. The highest BCUT2D eigenvalue weighted by atomic mass is 19.4. The van der Waals surface area contributed by atoms with E-state index in [9.17, 15) is 23.1 Å². The van der Waals surface area contributed by atoms with Crippen LogP contribution in [0.3, 0.4) is 0 Å². The third-order valence-electron chi connectivity index (χ3n) is 5.72. The van der Waals surface area contributed by atoms with Gasteiger partial charge in [-0.2, -0.15) is 13.2 Å². The van der Waals surface area contributed by atoms with Crippen LogP contribution in [0, 0.1) is 0 Å². The van der Waals surface area contributed by atoms with Crippen LogP contribution in [-0.2, 0) is 10.9 Å². The van der Waals surface area contributed by atoms with E-state index < -0.39 is 17.7 Å². The number of halogens is 3. The molecule has 9 heteroatoms. The number of alkyl halides is 3. The SMILES string of the molecule is CCCCOCCOc1ccc(-c2ccc(-c3cc(C(=O)O)c4cc(C(F)(F)F)ccc4n3)nc2)cc1. The lowest BCUT2D eigenvalue weighted by Gasteiger charge is -2.11. The zero-order chi connectivity index (χ0) is 26.4. The van der Waals surface area contributed by atoms with Crippen LogP contribution in [-0.4, -0.2) is 40.9 Å². The Bertz CT molecular complexity index is 1370. The van der Waals surface area contributed by atoms with Crippen LogP contribution >= 0.6 is 0 Å². The summed E-state index contributed by atoms with van der Waals surface area (Å²) in [7, 11) is 0. The summed E-state index contributed by atoms with van der Waals surface area (Å²) in [5.41, 5.74) is 1.31. The van der Waals surface area contributed by atoms with Gasteiger partial charge in [-0.25, -0.2) is 9.78 Å². The first-order chi connectivity index (χ1) is 17.8. The van der Waals surface area contributed by atoms with E-state index >= 15 is 0 Å². The molecule has 0 aliphatic carbocycles. The van der Waals surface area contributed by atoms with Crippen LogP contribution in [0.1, 0.15) is 35.7 Å². The number of hydrogen-bond acceptors (Lipinski definition) is 5. The van der Waals surface area contributed by atoms with E-state index in [1.54, 1.807) is 12.3 Å². The van der Waals surface area contributed by atoms with E-state index in [-0.39, 0.29) is 22.2 Å². The molecule has 4 rings (SSSR count). The summed E-state index contributed by atoms with van der Waals surface area (Å²) in [5.74, 6) is -0.623. The standard InChI is InChI=1S/C28H25F3N2O4/c1-2-3-12-36-13-14-37-21-8-4-18(5-9-21)19-6-10-25(32-17-19)26-16-23(27(34)35)22-15-20(28(29,30)31)7-11-24(22)33-26/h4-11,15-17H,2-3,12-14H2,1H3,(H,34,35). The van der Waals surface area contributed by atoms with Crippen LogP contribution in [0.5, 0.6) is 5.75 Å². The molecule has 0 radical (unpaired) electrons. The molecule has 37 heavy (non-hydrogen) atoms. The smallest absolute Gasteiger partial charge is 0.416 e. The van der Waals surface area contributed by atoms with Crippen molar-refractivity contribution in [3.63, 3.8) is 0 Å². The third kappa shape index (κ3) is 6.42. The third-order valence-corrected chi connectivity index (χ3v) is 5.72. The molecular formula is C28H25F3N2O4. The molecule has 0 spiro atoms. The Morgan fingerprint density at radius 2 is 1.68 bits per heavy atom. The van der Waals surface area contributed by atoms with E-state index in [4.69, 9.17) is 9.47 Å². The molecule has 0 saturated carbocycles. The molecule has 1 N–H and O–H groups in total. The van der Waals surface area contributed by atoms with Gasteiger partial charge in [0.1, 0.15) is 12.4 Å². The number of hydrogen-bond donors (Lipinski definition) is 1.